The number of hydrogen-bond donors (Lipinski definition) is 1. The number of carbonyl (C=O) groups excluding carboxylic acids is 1. The molecule has 0 amide bonds. The highest BCUT2D eigenvalue weighted by molar-refractivity contribution is 5.91. The number of carboxylic acid groups (broad SMARTS) is 1. The van der Waals surface area contributed by atoms with Crippen LogP contribution in [0.1, 0.15) is 21.5 Å². The summed E-state index contributed by atoms with van der Waals surface area (Å²) in [5.41, 5.74) is 1.56. The number of esters is 1. The molecule has 1 aromatic rings. The molecule has 1 rings (SSSR count). The minimum absolute atomic E-state index is 0.229. The summed E-state index contributed by atoms with van der Waals surface area (Å²) in [6.45, 7) is 1.72. The SMILES string of the molecule is COC(=O)C=Cc1ccc(C)c(C(=O)O)c1. The number of carboxylic acids is 1. The molecule has 0 aliphatic carbocycles. The predicted octanol–water partition coefficient (Wildman–Crippen LogP) is 1.88. The van der Waals surface area contributed by atoms with Gasteiger partial charge in [-0.05, 0) is 30.2 Å². The molecule has 1 aromatic carbocycles. The van der Waals surface area contributed by atoms with Gasteiger partial charge in [-0.2, -0.15) is 0 Å². The van der Waals surface area contributed by atoms with E-state index in [-0.39, 0.29) is 5.56 Å². The van der Waals surface area contributed by atoms with Crippen LogP contribution in [0.4, 0.5) is 0 Å². The van der Waals surface area contributed by atoms with Gasteiger partial charge in [-0.1, -0.05) is 12.1 Å². The second-order valence-electron chi connectivity index (χ2n) is 3.24. The van der Waals surface area contributed by atoms with Crippen LogP contribution in [-0.4, -0.2) is 24.2 Å². The summed E-state index contributed by atoms with van der Waals surface area (Å²) < 4.78 is 4.43. The lowest BCUT2D eigenvalue weighted by atomic mass is 10.0. The second kappa shape index (κ2) is 5.11. The van der Waals surface area contributed by atoms with Gasteiger partial charge in [-0.25, -0.2) is 9.59 Å². The molecule has 0 saturated carbocycles. The first kappa shape index (κ1) is 12.0. The van der Waals surface area contributed by atoms with E-state index in [9.17, 15) is 9.59 Å². The summed E-state index contributed by atoms with van der Waals surface area (Å²) in [7, 11) is 1.28. The van der Waals surface area contributed by atoms with E-state index in [1.54, 1.807) is 19.1 Å². The van der Waals surface area contributed by atoms with E-state index in [0.717, 1.165) is 0 Å². The second-order valence-corrected chi connectivity index (χ2v) is 3.24. The fourth-order valence-corrected chi connectivity index (χ4v) is 1.21. The van der Waals surface area contributed by atoms with Crippen molar-refractivity contribution in [3.8, 4) is 0 Å². The lowest BCUT2D eigenvalue weighted by molar-refractivity contribution is -0.134. The molecule has 84 valence electrons. The van der Waals surface area contributed by atoms with E-state index in [1.165, 1.54) is 25.3 Å². The first-order valence-corrected chi connectivity index (χ1v) is 4.64. The van der Waals surface area contributed by atoms with Crippen LogP contribution in [0.3, 0.4) is 0 Å². The molecule has 0 aliphatic heterocycles. The molecule has 0 saturated heterocycles. The van der Waals surface area contributed by atoms with Gasteiger partial charge in [-0.15, -0.1) is 0 Å². The fourth-order valence-electron chi connectivity index (χ4n) is 1.21. The molecule has 4 nitrogen and oxygen atoms in total. The lowest BCUT2D eigenvalue weighted by Gasteiger charge is -2.01. The summed E-state index contributed by atoms with van der Waals surface area (Å²) in [6, 6.07) is 4.94. The van der Waals surface area contributed by atoms with Gasteiger partial charge in [0, 0.05) is 6.08 Å². The maximum absolute atomic E-state index is 10.9. The summed E-state index contributed by atoms with van der Waals surface area (Å²) in [4.78, 5) is 21.7. The molecule has 0 aromatic heterocycles. The Balaban J connectivity index is 2.99. The van der Waals surface area contributed by atoms with Crippen molar-refractivity contribution in [2.24, 2.45) is 0 Å². The molecule has 0 heterocycles. The van der Waals surface area contributed by atoms with Crippen molar-refractivity contribution in [3.05, 3.63) is 41.0 Å². The molecule has 0 aliphatic rings. The topological polar surface area (TPSA) is 63.6 Å². The molecule has 4 heteroatoms. The first-order chi connectivity index (χ1) is 7.54. The van der Waals surface area contributed by atoms with Crippen LogP contribution in [0, 0.1) is 6.92 Å². The Morgan fingerprint density at radius 2 is 2.06 bits per heavy atom. The van der Waals surface area contributed by atoms with Crippen LogP contribution in [0.2, 0.25) is 0 Å². The third-order valence-electron chi connectivity index (χ3n) is 2.11. The van der Waals surface area contributed by atoms with Gasteiger partial charge >= 0.3 is 11.9 Å². The normalized spacial score (nSPS) is 10.4. The molecular formula is C12H12O4. The standard InChI is InChI=1S/C12H12O4/c1-8-3-4-9(5-6-11(13)16-2)7-10(8)12(14)15/h3-7H,1-2H3,(H,14,15). The quantitative estimate of drug-likeness (QED) is 0.624. The van der Waals surface area contributed by atoms with E-state index >= 15 is 0 Å². The smallest absolute Gasteiger partial charge is 0.335 e. The van der Waals surface area contributed by atoms with Crippen LogP contribution in [-0.2, 0) is 9.53 Å². The Morgan fingerprint density at radius 3 is 2.62 bits per heavy atom. The highest BCUT2D eigenvalue weighted by Crippen LogP contribution is 2.12. The van der Waals surface area contributed by atoms with Crippen LogP contribution in [0.15, 0.2) is 24.3 Å². The maximum Gasteiger partial charge on any atom is 0.335 e. The molecule has 0 fully saturated rings. The van der Waals surface area contributed by atoms with E-state index in [4.69, 9.17) is 5.11 Å². The Labute approximate surface area is 93.2 Å². The molecule has 0 atom stereocenters. The largest absolute Gasteiger partial charge is 0.478 e. The molecular weight excluding hydrogens is 208 g/mol. The zero-order chi connectivity index (χ0) is 12.1. The number of hydrogen-bond acceptors (Lipinski definition) is 3. The van der Waals surface area contributed by atoms with Gasteiger partial charge in [0.1, 0.15) is 0 Å². The van der Waals surface area contributed by atoms with Crippen molar-refractivity contribution in [2.45, 2.75) is 6.92 Å². The number of benzene rings is 1. The maximum atomic E-state index is 10.9. The fraction of sp³-hybridized carbons (Fsp3) is 0.167. The number of methoxy groups -OCH3 is 1. The minimum atomic E-state index is -0.981. The van der Waals surface area contributed by atoms with Crippen molar-refractivity contribution in [1.29, 1.82) is 0 Å². The number of ether oxygens (including phenoxy) is 1. The first-order valence-electron chi connectivity index (χ1n) is 4.64. The predicted molar refractivity (Wildman–Crippen MR) is 59.2 cm³/mol. The summed E-state index contributed by atoms with van der Waals surface area (Å²) in [6.07, 6.45) is 2.76. The average Bonchev–Trinajstić information content (AvgIpc) is 2.27. The highest BCUT2D eigenvalue weighted by atomic mass is 16.5. The molecule has 0 radical (unpaired) electrons. The van der Waals surface area contributed by atoms with Gasteiger partial charge in [0.25, 0.3) is 0 Å². The number of aromatic carboxylic acids is 1. The Morgan fingerprint density at radius 1 is 1.38 bits per heavy atom. The van der Waals surface area contributed by atoms with Crippen LogP contribution < -0.4 is 0 Å². The van der Waals surface area contributed by atoms with Gasteiger partial charge < -0.3 is 9.84 Å². The molecule has 0 spiro atoms. The lowest BCUT2D eigenvalue weighted by Crippen LogP contribution is -2.00. The number of carbonyl (C=O) groups is 2. The Hall–Kier alpha value is -2.10. The highest BCUT2D eigenvalue weighted by Gasteiger charge is 2.06. The zero-order valence-electron chi connectivity index (χ0n) is 9.06. The number of aryl methyl sites for hydroxylation is 1. The zero-order valence-corrected chi connectivity index (χ0v) is 9.06. The third kappa shape index (κ3) is 2.95. The van der Waals surface area contributed by atoms with Crippen LogP contribution in [0.5, 0.6) is 0 Å². The van der Waals surface area contributed by atoms with Gasteiger partial charge in [-0.3, -0.25) is 0 Å². The van der Waals surface area contributed by atoms with Crippen molar-refractivity contribution in [2.75, 3.05) is 7.11 Å². The molecule has 0 unspecified atom stereocenters. The van der Waals surface area contributed by atoms with Crippen molar-refractivity contribution >= 4 is 18.0 Å². The van der Waals surface area contributed by atoms with Crippen molar-refractivity contribution < 1.29 is 19.4 Å². The van der Waals surface area contributed by atoms with Crippen molar-refractivity contribution in [3.63, 3.8) is 0 Å². The van der Waals surface area contributed by atoms with E-state index < -0.39 is 11.9 Å². The van der Waals surface area contributed by atoms with E-state index in [2.05, 4.69) is 4.74 Å². The minimum Gasteiger partial charge on any atom is -0.478 e. The van der Waals surface area contributed by atoms with Gasteiger partial charge in [0.15, 0.2) is 0 Å². The van der Waals surface area contributed by atoms with Crippen LogP contribution >= 0.6 is 0 Å². The Kier molecular flexibility index (Phi) is 3.83. The molecule has 1 N–H and O–H groups in total. The third-order valence-corrected chi connectivity index (χ3v) is 2.11. The average molecular weight is 220 g/mol. The monoisotopic (exact) mass is 220 g/mol. The van der Waals surface area contributed by atoms with Gasteiger partial charge in [0.2, 0.25) is 0 Å². The van der Waals surface area contributed by atoms with Crippen molar-refractivity contribution in [1.82, 2.24) is 0 Å². The van der Waals surface area contributed by atoms with Crippen LogP contribution in [0.25, 0.3) is 6.08 Å². The Bertz CT molecular complexity index is 446. The van der Waals surface area contributed by atoms with E-state index in [0.29, 0.717) is 11.1 Å². The summed E-state index contributed by atoms with van der Waals surface area (Å²) in [5.74, 6) is -1.46. The van der Waals surface area contributed by atoms with E-state index in [1.807, 2.05) is 0 Å². The van der Waals surface area contributed by atoms with Gasteiger partial charge in [0.05, 0.1) is 12.7 Å². The number of rotatable bonds is 3. The molecule has 16 heavy (non-hydrogen) atoms. The summed E-state index contributed by atoms with van der Waals surface area (Å²) >= 11 is 0. The summed E-state index contributed by atoms with van der Waals surface area (Å²) in [5, 5.41) is 8.90. The molecule has 0 bridgehead atoms.